The van der Waals surface area contributed by atoms with Gasteiger partial charge in [0.25, 0.3) is 11.8 Å². The molecule has 2 N–H and O–H groups in total. The van der Waals surface area contributed by atoms with Crippen molar-refractivity contribution in [3.63, 3.8) is 0 Å². The molecule has 0 radical (unpaired) electrons. The molecular formula is C27H27N3O5. The van der Waals surface area contributed by atoms with Crippen molar-refractivity contribution in [3.05, 3.63) is 77.9 Å². The molecule has 0 aliphatic carbocycles. The van der Waals surface area contributed by atoms with Gasteiger partial charge in [-0.3, -0.25) is 19.3 Å². The number of para-hydroxylation sites is 1. The van der Waals surface area contributed by atoms with Crippen molar-refractivity contribution in [3.8, 4) is 11.5 Å². The first kappa shape index (κ1) is 23.8. The molecular weight excluding hydrogens is 446 g/mol. The van der Waals surface area contributed by atoms with Gasteiger partial charge in [0.2, 0.25) is 5.91 Å². The van der Waals surface area contributed by atoms with Crippen molar-refractivity contribution in [2.75, 3.05) is 28.7 Å². The van der Waals surface area contributed by atoms with E-state index in [0.717, 1.165) is 11.1 Å². The van der Waals surface area contributed by atoms with Crippen molar-refractivity contribution in [1.29, 1.82) is 0 Å². The van der Waals surface area contributed by atoms with Gasteiger partial charge < -0.3 is 20.1 Å². The van der Waals surface area contributed by atoms with E-state index in [-0.39, 0.29) is 30.9 Å². The number of carbonyl (C=O) groups excluding carboxylic acids is 3. The lowest BCUT2D eigenvalue weighted by atomic mass is 10.1. The monoisotopic (exact) mass is 473 g/mol. The molecule has 35 heavy (non-hydrogen) atoms. The smallest absolute Gasteiger partial charge is 0.268 e. The third-order valence-corrected chi connectivity index (χ3v) is 5.72. The van der Waals surface area contributed by atoms with E-state index in [1.54, 1.807) is 37.3 Å². The highest BCUT2D eigenvalue weighted by Gasteiger charge is 2.33. The Kier molecular flexibility index (Phi) is 7.01. The lowest BCUT2D eigenvalue weighted by molar-refractivity contribution is -0.127. The van der Waals surface area contributed by atoms with Gasteiger partial charge in [0.05, 0.1) is 5.69 Å². The zero-order chi connectivity index (χ0) is 24.9. The molecule has 3 aromatic carbocycles. The maximum Gasteiger partial charge on any atom is 0.268 e. The fraction of sp³-hybridized carbons (Fsp3) is 0.222. The summed E-state index contributed by atoms with van der Waals surface area (Å²) in [5, 5.41) is 5.56. The Morgan fingerprint density at radius 1 is 0.943 bits per heavy atom. The van der Waals surface area contributed by atoms with Gasteiger partial charge in [0, 0.05) is 11.4 Å². The molecule has 1 aliphatic rings. The number of nitrogens with one attached hydrogen (secondary N) is 2. The lowest BCUT2D eigenvalue weighted by Gasteiger charge is -2.33. The van der Waals surface area contributed by atoms with Crippen LogP contribution in [0.15, 0.2) is 66.7 Å². The minimum Gasteiger partial charge on any atom is -0.483 e. The van der Waals surface area contributed by atoms with Gasteiger partial charge in [-0.05, 0) is 68.3 Å². The Labute approximate surface area is 203 Å². The van der Waals surface area contributed by atoms with E-state index >= 15 is 0 Å². The summed E-state index contributed by atoms with van der Waals surface area (Å²) in [5.41, 5.74) is 3.55. The predicted molar refractivity (Wildman–Crippen MR) is 134 cm³/mol. The fourth-order valence-electron chi connectivity index (χ4n) is 3.73. The second-order valence-corrected chi connectivity index (χ2v) is 8.32. The molecule has 1 unspecified atom stereocenters. The van der Waals surface area contributed by atoms with E-state index in [1.807, 2.05) is 50.2 Å². The van der Waals surface area contributed by atoms with Crippen LogP contribution in [0.4, 0.5) is 17.1 Å². The summed E-state index contributed by atoms with van der Waals surface area (Å²) in [6, 6.07) is 19.6. The average Bonchev–Trinajstić information content (AvgIpc) is 2.84. The van der Waals surface area contributed by atoms with Crippen LogP contribution in [0.2, 0.25) is 0 Å². The van der Waals surface area contributed by atoms with Crippen LogP contribution < -0.4 is 25.0 Å². The van der Waals surface area contributed by atoms with Crippen molar-refractivity contribution in [2.24, 2.45) is 0 Å². The molecule has 1 heterocycles. The highest BCUT2D eigenvalue weighted by molar-refractivity contribution is 6.06. The van der Waals surface area contributed by atoms with Gasteiger partial charge in [-0.2, -0.15) is 0 Å². The Morgan fingerprint density at radius 2 is 1.69 bits per heavy atom. The first-order chi connectivity index (χ1) is 16.8. The number of nitrogens with zero attached hydrogens (tertiary/aromatic N) is 1. The fourth-order valence-corrected chi connectivity index (χ4v) is 3.73. The van der Waals surface area contributed by atoms with Gasteiger partial charge in [-0.25, -0.2) is 0 Å². The van der Waals surface area contributed by atoms with Gasteiger partial charge in [0.15, 0.2) is 12.7 Å². The van der Waals surface area contributed by atoms with Crippen LogP contribution in [0.25, 0.3) is 0 Å². The molecule has 3 amide bonds. The van der Waals surface area contributed by atoms with Crippen molar-refractivity contribution in [1.82, 2.24) is 0 Å². The van der Waals surface area contributed by atoms with E-state index < -0.39 is 6.10 Å². The summed E-state index contributed by atoms with van der Waals surface area (Å²) in [4.78, 5) is 39.4. The number of carbonyl (C=O) groups is 3. The van der Waals surface area contributed by atoms with Crippen molar-refractivity contribution >= 4 is 34.8 Å². The molecule has 8 heteroatoms. The predicted octanol–water partition coefficient (Wildman–Crippen LogP) is 4.07. The molecule has 3 aromatic rings. The normalized spacial score (nSPS) is 14.5. The van der Waals surface area contributed by atoms with E-state index in [2.05, 4.69) is 10.6 Å². The largest absolute Gasteiger partial charge is 0.483 e. The molecule has 180 valence electrons. The van der Waals surface area contributed by atoms with Crippen LogP contribution in [0, 0.1) is 13.8 Å². The summed E-state index contributed by atoms with van der Waals surface area (Å²) in [6.07, 6.45) is -0.738. The number of ether oxygens (including phenoxy) is 2. The highest BCUT2D eigenvalue weighted by Crippen LogP contribution is 2.36. The molecule has 8 nitrogen and oxygen atoms in total. The summed E-state index contributed by atoms with van der Waals surface area (Å²) < 4.78 is 11.4. The number of rotatable bonds is 7. The summed E-state index contributed by atoms with van der Waals surface area (Å²) >= 11 is 0. The standard InChI is InChI=1S/C27H27N3O5/c1-17-8-7-11-23(18(17)2)34-16-26(32)29-21-12-13-24-22(14-21)30(27(33)19(3)35-24)15-25(31)28-20-9-5-4-6-10-20/h4-14,19H,15-16H2,1-3H3,(H,28,31)(H,29,32). The van der Waals surface area contributed by atoms with Gasteiger partial charge >= 0.3 is 0 Å². The van der Waals surface area contributed by atoms with Gasteiger partial charge in [0.1, 0.15) is 18.0 Å². The first-order valence-electron chi connectivity index (χ1n) is 11.3. The maximum absolute atomic E-state index is 12.8. The topological polar surface area (TPSA) is 97.0 Å². The number of aryl methyl sites for hydroxylation is 1. The molecule has 0 aromatic heterocycles. The zero-order valence-electron chi connectivity index (χ0n) is 19.8. The third-order valence-electron chi connectivity index (χ3n) is 5.72. The minimum atomic E-state index is -0.738. The first-order valence-corrected chi connectivity index (χ1v) is 11.3. The molecule has 4 rings (SSSR count). The SMILES string of the molecule is Cc1cccc(OCC(=O)Nc2ccc3c(c2)N(CC(=O)Nc2ccccc2)C(=O)C(C)O3)c1C. The van der Waals surface area contributed by atoms with Crippen LogP contribution >= 0.6 is 0 Å². The van der Waals surface area contributed by atoms with Gasteiger partial charge in [-0.1, -0.05) is 30.3 Å². The Hall–Kier alpha value is -4.33. The number of benzene rings is 3. The van der Waals surface area contributed by atoms with Crippen molar-refractivity contribution < 1.29 is 23.9 Å². The molecule has 0 spiro atoms. The number of amides is 3. The van der Waals surface area contributed by atoms with Crippen LogP contribution in [0.1, 0.15) is 18.1 Å². The van der Waals surface area contributed by atoms with E-state index in [1.165, 1.54) is 4.90 Å². The zero-order valence-corrected chi connectivity index (χ0v) is 19.8. The Balaban J connectivity index is 1.46. The van der Waals surface area contributed by atoms with Gasteiger partial charge in [-0.15, -0.1) is 0 Å². The minimum absolute atomic E-state index is 0.170. The molecule has 0 saturated heterocycles. The maximum atomic E-state index is 12.8. The van der Waals surface area contributed by atoms with E-state index in [9.17, 15) is 14.4 Å². The van der Waals surface area contributed by atoms with Crippen LogP contribution in [-0.2, 0) is 14.4 Å². The summed E-state index contributed by atoms with van der Waals surface area (Å²) in [6.45, 7) is 5.18. The third kappa shape index (κ3) is 5.60. The number of fused-ring (bicyclic) bond motifs is 1. The van der Waals surface area contributed by atoms with E-state index in [4.69, 9.17) is 9.47 Å². The molecule has 1 atom stereocenters. The second kappa shape index (κ2) is 10.3. The quantitative estimate of drug-likeness (QED) is 0.539. The number of hydrogen-bond donors (Lipinski definition) is 2. The molecule has 0 saturated carbocycles. The summed E-state index contributed by atoms with van der Waals surface area (Å²) in [5.74, 6) is 0.0579. The average molecular weight is 474 g/mol. The molecule has 0 bridgehead atoms. The number of hydrogen-bond acceptors (Lipinski definition) is 5. The second-order valence-electron chi connectivity index (χ2n) is 8.32. The highest BCUT2D eigenvalue weighted by atomic mass is 16.5. The summed E-state index contributed by atoms with van der Waals surface area (Å²) in [7, 11) is 0. The van der Waals surface area contributed by atoms with Crippen LogP contribution in [0.5, 0.6) is 11.5 Å². The lowest BCUT2D eigenvalue weighted by Crippen LogP contribution is -2.47. The Bertz CT molecular complexity index is 1260. The molecule has 1 aliphatic heterocycles. The van der Waals surface area contributed by atoms with Crippen LogP contribution in [0.3, 0.4) is 0 Å². The van der Waals surface area contributed by atoms with Crippen molar-refractivity contribution in [2.45, 2.75) is 26.9 Å². The van der Waals surface area contributed by atoms with Crippen LogP contribution in [-0.4, -0.2) is 37.0 Å². The van der Waals surface area contributed by atoms with E-state index in [0.29, 0.717) is 28.6 Å². The molecule has 0 fully saturated rings. The Morgan fingerprint density at radius 3 is 2.46 bits per heavy atom. The number of anilines is 3.